The Kier molecular flexibility index (Phi) is 5.01. The number of likely N-dealkylation sites (tertiary alicyclic amines) is 1. The highest BCUT2D eigenvalue weighted by atomic mass is 35.5. The van der Waals surface area contributed by atoms with Gasteiger partial charge >= 0.3 is 5.97 Å². The minimum atomic E-state index is -0.852. The second-order valence-corrected chi connectivity index (χ2v) is 8.77. The van der Waals surface area contributed by atoms with Gasteiger partial charge in [-0.25, -0.2) is 4.79 Å². The fourth-order valence-electron chi connectivity index (χ4n) is 3.86. The minimum absolute atomic E-state index is 0.327. The summed E-state index contributed by atoms with van der Waals surface area (Å²) in [6, 6.07) is 7.44. The van der Waals surface area contributed by atoms with E-state index in [2.05, 4.69) is 4.90 Å². The van der Waals surface area contributed by atoms with Crippen molar-refractivity contribution in [3.05, 3.63) is 55.2 Å². The lowest BCUT2D eigenvalue weighted by molar-refractivity contribution is -0.0960. The van der Waals surface area contributed by atoms with Gasteiger partial charge in [0.05, 0.1) is 6.61 Å². The number of piperidine rings is 1. The molecule has 138 valence electrons. The number of aromatic carboxylic acids is 1. The Labute approximate surface area is 166 Å². The molecule has 0 aliphatic carbocycles. The van der Waals surface area contributed by atoms with Crippen molar-refractivity contribution in [2.75, 3.05) is 19.7 Å². The van der Waals surface area contributed by atoms with Gasteiger partial charge < -0.3 is 9.84 Å². The van der Waals surface area contributed by atoms with E-state index < -0.39 is 5.97 Å². The number of rotatable bonds is 3. The van der Waals surface area contributed by atoms with Crippen LogP contribution in [0.25, 0.3) is 0 Å². The van der Waals surface area contributed by atoms with Gasteiger partial charge in [0.1, 0.15) is 10.5 Å². The van der Waals surface area contributed by atoms with Gasteiger partial charge in [-0.1, -0.05) is 29.3 Å². The van der Waals surface area contributed by atoms with Gasteiger partial charge in [0.15, 0.2) is 0 Å². The van der Waals surface area contributed by atoms with Crippen molar-refractivity contribution < 1.29 is 14.6 Å². The summed E-state index contributed by atoms with van der Waals surface area (Å²) in [7, 11) is 0. The van der Waals surface area contributed by atoms with Crippen LogP contribution in [0.4, 0.5) is 0 Å². The molecule has 0 atom stereocenters. The molecule has 0 unspecified atom stereocenters. The van der Waals surface area contributed by atoms with Gasteiger partial charge in [-0.05, 0) is 48.6 Å². The zero-order valence-electron chi connectivity index (χ0n) is 14.1. The van der Waals surface area contributed by atoms with Gasteiger partial charge in [-0.15, -0.1) is 11.3 Å². The second kappa shape index (κ2) is 7.13. The van der Waals surface area contributed by atoms with Crippen molar-refractivity contribution in [1.29, 1.82) is 0 Å². The highest BCUT2D eigenvalue weighted by Gasteiger charge is 2.42. The first-order chi connectivity index (χ1) is 12.5. The van der Waals surface area contributed by atoms with Gasteiger partial charge in [-0.2, -0.15) is 0 Å². The van der Waals surface area contributed by atoms with E-state index in [1.807, 2.05) is 18.2 Å². The number of nitrogens with zero attached hydrogens (tertiary/aromatic N) is 1. The van der Waals surface area contributed by atoms with Crippen LogP contribution in [0, 0.1) is 0 Å². The first-order valence-electron chi connectivity index (χ1n) is 8.64. The van der Waals surface area contributed by atoms with E-state index in [9.17, 15) is 9.90 Å². The predicted molar refractivity (Wildman–Crippen MR) is 104 cm³/mol. The molecule has 2 aromatic rings. The Balaban J connectivity index is 1.49. The third-order valence-corrected chi connectivity index (χ3v) is 7.19. The predicted octanol–water partition coefficient (Wildman–Crippen LogP) is 4.82. The Morgan fingerprint density at radius 2 is 2.04 bits per heavy atom. The van der Waals surface area contributed by atoms with Crippen LogP contribution in [0.5, 0.6) is 0 Å². The molecule has 3 heterocycles. The summed E-state index contributed by atoms with van der Waals surface area (Å²) in [5.74, 6) is -0.852. The molecule has 1 saturated heterocycles. The average Bonchev–Trinajstić information content (AvgIpc) is 3.06. The molecule has 1 N–H and O–H groups in total. The van der Waals surface area contributed by atoms with E-state index in [0.717, 1.165) is 54.9 Å². The van der Waals surface area contributed by atoms with Gasteiger partial charge in [0, 0.05) is 34.6 Å². The minimum Gasteiger partial charge on any atom is -0.477 e. The lowest BCUT2D eigenvalue weighted by Gasteiger charge is -2.43. The Bertz CT molecular complexity index is 843. The fourth-order valence-corrected chi connectivity index (χ4v) is 5.58. The Morgan fingerprint density at radius 1 is 1.27 bits per heavy atom. The van der Waals surface area contributed by atoms with E-state index in [4.69, 9.17) is 27.9 Å². The maximum Gasteiger partial charge on any atom is 0.345 e. The monoisotopic (exact) mass is 411 g/mol. The van der Waals surface area contributed by atoms with Gasteiger partial charge in [0.25, 0.3) is 0 Å². The number of hydrogen-bond donors (Lipinski definition) is 1. The highest BCUT2D eigenvalue weighted by molar-refractivity contribution is 7.14. The summed E-state index contributed by atoms with van der Waals surface area (Å²) in [5.41, 5.74) is 1.89. The smallest absolute Gasteiger partial charge is 0.345 e. The number of carboxylic acid groups (broad SMARTS) is 1. The van der Waals surface area contributed by atoms with Crippen molar-refractivity contribution in [1.82, 2.24) is 4.90 Å². The number of thiophene rings is 1. The molecule has 4 rings (SSSR count). The molecule has 7 heteroatoms. The van der Waals surface area contributed by atoms with Crippen molar-refractivity contribution in [3.63, 3.8) is 0 Å². The average molecular weight is 412 g/mol. The van der Waals surface area contributed by atoms with E-state index in [0.29, 0.717) is 21.5 Å². The normalized spacial score (nSPS) is 19.5. The topological polar surface area (TPSA) is 49.8 Å². The van der Waals surface area contributed by atoms with Gasteiger partial charge in [-0.3, -0.25) is 4.90 Å². The summed E-state index contributed by atoms with van der Waals surface area (Å²) in [5, 5.41) is 10.6. The van der Waals surface area contributed by atoms with Gasteiger partial charge in [0.2, 0.25) is 0 Å². The molecule has 0 amide bonds. The summed E-state index contributed by atoms with van der Waals surface area (Å²) in [6.45, 7) is 3.22. The molecule has 2 aliphatic rings. The molecule has 1 spiro atoms. The first-order valence-corrected chi connectivity index (χ1v) is 10.2. The number of carboxylic acids is 1. The highest BCUT2D eigenvalue weighted by Crippen LogP contribution is 2.45. The van der Waals surface area contributed by atoms with Crippen LogP contribution in [-0.4, -0.2) is 35.7 Å². The largest absolute Gasteiger partial charge is 0.477 e. The third kappa shape index (κ3) is 3.39. The Hall–Kier alpha value is -1.11. The molecule has 2 aliphatic heterocycles. The lowest BCUT2D eigenvalue weighted by Crippen LogP contribution is -2.45. The molecule has 4 nitrogen and oxygen atoms in total. The number of fused-ring (bicyclic) bond motifs is 2. The summed E-state index contributed by atoms with van der Waals surface area (Å²) >= 11 is 13.7. The van der Waals surface area contributed by atoms with Crippen LogP contribution in [-0.2, 0) is 23.3 Å². The molecule has 0 radical (unpaired) electrons. The maximum absolute atomic E-state index is 11.3. The number of carbonyl (C=O) groups is 1. The molecule has 1 aromatic carbocycles. The van der Waals surface area contributed by atoms with E-state index in [-0.39, 0.29) is 5.60 Å². The Morgan fingerprint density at radius 3 is 2.73 bits per heavy atom. The van der Waals surface area contributed by atoms with Crippen LogP contribution in [0.1, 0.15) is 38.5 Å². The number of ether oxygens (including phenoxy) is 1. The molecule has 1 aromatic heterocycles. The number of halogens is 2. The molecule has 1 fully saturated rings. The number of benzene rings is 1. The molecule has 0 saturated carbocycles. The third-order valence-electron chi connectivity index (χ3n) is 5.26. The van der Waals surface area contributed by atoms with Crippen molar-refractivity contribution >= 4 is 40.5 Å². The van der Waals surface area contributed by atoms with Crippen molar-refractivity contribution in [3.8, 4) is 0 Å². The quantitative estimate of drug-likeness (QED) is 0.786. The van der Waals surface area contributed by atoms with Crippen LogP contribution >= 0.6 is 34.5 Å². The number of hydrogen-bond acceptors (Lipinski definition) is 4. The van der Waals surface area contributed by atoms with Crippen LogP contribution < -0.4 is 0 Å². The van der Waals surface area contributed by atoms with E-state index in [1.54, 1.807) is 6.07 Å². The van der Waals surface area contributed by atoms with Crippen molar-refractivity contribution in [2.45, 2.75) is 31.4 Å². The second-order valence-electron chi connectivity index (χ2n) is 6.87. The van der Waals surface area contributed by atoms with Crippen LogP contribution in [0.3, 0.4) is 0 Å². The summed E-state index contributed by atoms with van der Waals surface area (Å²) < 4.78 is 6.21. The van der Waals surface area contributed by atoms with Crippen LogP contribution in [0.2, 0.25) is 10.0 Å². The maximum atomic E-state index is 11.3. The SMILES string of the molecule is O=C(O)c1cc2c(s1)C1(CCN(Cc3ccc(Cl)cc3Cl)CC1)OCC2. The summed E-state index contributed by atoms with van der Waals surface area (Å²) in [6.07, 6.45) is 2.53. The fraction of sp³-hybridized carbons (Fsp3) is 0.421. The van der Waals surface area contributed by atoms with E-state index >= 15 is 0 Å². The molecular weight excluding hydrogens is 393 g/mol. The summed E-state index contributed by atoms with van der Waals surface area (Å²) in [4.78, 5) is 15.2. The molecule has 26 heavy (non-hydrogen) atoms. The standard InChI is InChI=1S/C19H19Cl2NO3S/c20-14-2-1-13(15(21)10-14)11-22-6-4-19(5-7-22)17-12(3-8-25-19)9-16(26-17)18(23)24/h1-2,9-10H,3-8,11H2,(H,23,24). The molecular formula is C19H19Cl2NO3S. The lowest BCUT2D eigenvalue weighted by atomic mass is 9.85. The molecule has 0 bridgehead atoms. The van der Waals surface area contributed by atoms with Crippen LogP contribution in [0.15, 0.2) is 24.3 Å². The zero-order chi connectivity index (χ0) is 18.3. The first kappa shape index (κ1) is 18.3. The zero-order valence-corrected chi connectivity index (χ0v) is 16.5. The van der Waals surface area contributed by atoms with E-state index in [1.165, 1.54) is 11.3 Å². The van der Waals surface area contributed by atoms with Crippen molar-refractivity contribution in [2.24, 2.45) is 0 Å².